The number of hydrogen-bond acceptors (Lipinski definition) is 3. The Labute approximate surface area is 99.3 Å². The lowest BCUT2D eigenvalue weighted by atomic mass is 10.1. The average molecular weight is 227 g/mol. The minimum Gasteiger partial charge on any atom is -0.294 e. The first-order valence-corrected chi connectivity index (χ1v) is 5.87. The zero-order valence-corrected chi connectivity index (χ0v) is 9.47. The normalized spacial score (nSPS) is 15.4. The molecule has 2 aromatic rings. The van der Waals surface area contributed by atoms with Crippen LogP contribution in [-0.4, -0.2) is 20.5 Å². The first kappa shape index (κ1) is 10.2. The van der Waals surface area contributed by atoms with Crippen LogP contribution in [0.4, 0.5) is 0 Å². The van der Waals surface area contributed by atoms with Crippen LogP contribution in [0, 0.1) is 0 Å². The Morgan fingerprint density at radius 2 is 1.88 bits per heavy atom. The second-order valence-electron chi connectivity index (χ2n) is 4.25. The highest BCUT2D eigenvalue weighted by Gasteiger charge is 2.20. The summed E-state index contributed by atoms with van der Waals surface area (Å²) in [6.45, 7) is 0. The summed E-state index contributed by atoms with van der Waals surface area (Å²) in [6, 6.07) is 3.81. The van der Waals surface area contributed by atoms with Crippen LogP contribution in [0.25, 0.3) is 5.69 Å². The minimum atomic E-state index is 0.220. The van der Waals surface area contributed by atoms with Crippen molar-refractivity contribution < 1.29 is 4.79 Å². The highest BCUT2D eigenvalue weighted by atomic mass is 16.1. The van der Waals surface area contributed by atoms with Crippen LogP contribution >= 0.6 is 0 Å². The van der Waals surface area contributed by atoms with Crippen LogP contribution in [0.5, 0.6) is 0 Å². The zero-order valence-electron chi connectivity index (χ0n) is 9.47. The van der Waals surface area contributed by atoms with Gasteiger partial charge >= 0.3 is 0 Å². The molecule has 2 heterocycles. The smallest absolute Gasteiger partial charge is 0.166 e. The maximum Gasteiger partial charge on any atom is 0.166 e. The van der Waals surface area contributed by atoms with Gasteiger partial charge in [0.1, 0.15) is 0 Å². The van der Waals surface area contributed by atoms with Crippen molar-refractivity contribution in [3.05, 3.63) is 42.0 Å². The van der Waals surface area contributed by atoms with Gasteiger partial charge in [0.2, 0.25) is 0 Å². The topological polar surface area (TPSA) is 47.8 Å². The van der Waals surface area contributed by atoms with E-state index in [-0.39, 0.29) is 5.78 Å². The Morgan fingerprint density at radius 3 is 2.71 bits per heavy atom. The highest BCUT2D eigenvalue weighted by Crippen LogP contribution is 2.22. The van der Waals surface area contributed by atoms with Crippen LogP contribution in [0.2, 0.25) is 0 Å². The van der Waals surface area contributed by atoms with Crippen molar-refractivity contribution in [2.24, 2.45) is 0 Å². The minimum absolute atomic E-state index is 0.220. The Kier molecular flexibility index (Phi) is 2.48. The monoisotopic (exact) mass is 227 g/mol. The number of aromatic nitrogens is 3. The summed E-state index contributed by atoms with van der Waals surface area (Å²) < 4.78 is 1.86. The third-order valence-electron chi connectivity index (χ3n) is 3.14. The molecule has 3 rings (SSSR count). The van der Waals surface area contributed by atoms with Gasteiger partial charge in [-0.3, -0.25) is 9.78 Å². The second-order valence-corrected chi connectivity index (χ2v) is 4.25. The van der Waals surface area contributed by atoms with E-state index in [0.717, 1.165) is 36.2 Å². The molecule has 0 atom stereocenters. The molecule has 2 aromatic heterocycles. The van der Waals surface area contributed by atoms with Crippen molar-refractivity contribution in [1.82, 2.24) is 14.8 Å². The highest BCUT2D eigenvalue weighted by molar-refractivity contribution is 5.97. The van der Waals surface area contributed by atoms with Gasteiger partial charge < -0.3 is 0 Å². The number of ketones is 1. The lowest BCUT2D eigenvalue weighted by molar-refractivity contribution is 0.0982. The van der Waals surface area contributed by atoms with E-state index in [1.807, 2.05) is 16.8 Å². The van der Waals surface area contributed by atoms with Crippen LogP contribution in [0.15, 0.2) is 30.7 Å². The molecule has 1 aliphatic rings. The summed E-state index contributed by atoms with van der Waals surface area (Å²) in [5.74, 6) is 0.220. The van der Waals surface area contributed by atoms with E-state index in [2.05, 4.69) is 10.1 Å². The summed E-state index contributed by atoms with van der Waals surface area (Å²) in [6.07, 6.45) is 8.77. The maximum atomic E-state index is 11.9. The van der Waals surface area contributed by atoms with Gasteiger partial charge in [-0.1, -0.05) is 0 Å². The molecule has 0 N–H and O–H groups in total. The maximum absolute atomic E-state index is 11.9. The number of nitrogens with zero attached hydrogens (tertiary/aromatic N) is 3. The molecule has 0 bridgehead atoms. The van der Waals surface area contributed by atoms with Crippen molar-refractivity contribution in [1.29, 1.82) is 0 Å². The molecule has 17 heavy (non-hydrogen) atoms. The van der Waals surface area contributed by atoms with Crippen LogP contribution in [0.3, 0.4) is 0 Å². The summed E-state index contributed by atoms with van der Waals surface area (Å²) >= 11 is 0. The molecule has 0 saturated carbocycles. The van der Waals surface area contributed by atoms with E-state index in [4.69, 9.17) is 0 Å². The van der Waals surface area contributed by atoms with Gasteiger partial charge in [0.25, 0.3) is 0 Å². The number of carbonyl (C=O) groups excluding carboxylic acids is 1. The molecule has 4 nitrogen and oxygen atoms in total. The van der Waals surface area contributed by atoms with Gasteiger partial charge in [-0.2, -0.15) is 5.10 Å². The quantitative estimate of drug-likeness (QED) is 0.701. The zero-order chi connectivity index (χ0) is 11.7. The molecule has 0 saturated heterocycles. The van der Waals surface area contributed by atoms with Crippen LogP contribution < -0.4 is 0 Å². The fourth-order valence-electron chi connectivity index (χ4n) is 2.27. The third-order valence-corrected chi connectivity index (χ3v) is 3.14. The number of hydrogen-bond donors (Lipinski definition) is 0. The molecule has 0 aromatic carbocycles. The molecule has 0 fully saturated rings. The van der Waals surface area contributed by atoms with Crippen molar-refractivity contribution in [3.8, 4) is 5.69 Å². The summed E-state index contributed by atoms with van der Waals surface area (Å²) in [7, 11) is 0. The Hall–Kier alpha value is -1.97. The van der Waals surface area contributed by atoms with Gasteiger partial charge in [-0.05, 0) is 31.4 Å². The second kappa shape index (κ2) is 4.13. The number of carbonyl (C=O) groups is 1. The molecule has 0 unspecified atom stereocenters. The van der Waals surface area contributed by atoms with Gasteiger partial charge in [0.15, 0.2) is 5.78 Å². The predicted octanol–water partition coefficient (Wildman–Crippen LogP) is 2.18. The van der Waals surface area contributed by atoms with Crippen molar-refractivity contribution in [2.45, 2.75) is 25.7 Å². The van der Waals surface area contributed by atoms with E-state index in [1.165, 1.54) is 0 Å². The molecule has 1 aliphatic carbocycles. The molecule has 4 heteroatoms. The number of Topliss-reactive ketones (excluding diaryl/α,β-unsaturated/α-hetero) is 1. The third kappa shape index (κ3) is 1.75. The van der Waals surface area contributed by atoms with Gasteiger partial charge in [0.05, 0.1) is 23.1 Å². The lowest BCUT2D eigenvalue weighted by Crippen LogP contribution is -2.04. The van der Waals surface area contributed by atoms with Crippen molar-refractivity contribution >= 4 is 5.78 Å². The van der Waals surface area contributed by atoms with Gasteiger partial charge in [-0.15, -0.1) is 0 Å². The predicted molar refractivity (Wildman–Crippen MR) is 63.2 cm³/mol. The summed E-state index contributed by atoms with van der Waals surface area (Å²) in [5, 5.41) is 4.33. The first-order valence-electron chi connectivity index (χ1n) is 5.87. The molecule has 0 aliphatic heterocycles. The van der Waals surface area contributed by atoms with Gasteiger partial charge in [0, 0.05) is 18.8 Å². The van der Waals surface area contributed by atoms with E-state index in [0.29, 0.717) is 6.42 Å². The van der Waals surface area contributed by atoms with Crippen molar-refractivity contribution in [2.75, 3.05) is 0 Å². The first-order chi connectivity index (χ1) is 8.36. The summed E-state index contributed by atoms with van der Waals surface area (Å²) in [5.41, 5.74) is 2.80. The Bertz CT molecular complexity index is 545. The molecule has 0 spiro atoms. The lowest BCUT2D eigenvalue weighted by Gasteiger charge is -2.06. The van der Waals surface area contributed by atoms with E-state index >= 15 is 0 Å². The van der Waals surface area contributed by atoms with Crippen LogP contribution in [-0.2, 0) is 6.42 Å². The molecule has 86 valence electrons. The Morgan fingerprint density at radius 1 is 1.12 bits per heavy atom. The largest absolute Gasteiger partial charge is 0.294 e. The van der Waals surface area contributed by atoms with Crippen molar-refractivity contribution in [3.63, 3.8) is 0 Å². The van der Waals surface area contributed by atoms with Gasteiger partial charge in [-0.25, -0.2) is 4.68 Å². The SMILES string of the molecule is O=C1CCCCc2c1cnn2-c1ccncc1. The van der Waals surface area contributed by atoms with Crippen LogP contribution in [0.1, 0.15) is 35.3 Å². The molecular weight excluding hydrogens is 214 g/mol. The summed E-state index contributed by atoms with van der Waals surface area (Å²) in [4.78, 5) is 15.9. The molecule has 0 amide bonds. The molecular formula is C13H13N3O. The number of pyridine rings is 1. The standard InChI is InChI=1S/C13H13N3O/c17-13-4-2-1-3-12-11(13)9-15-16(12)10-5-7-14-8-6-10/h5-9H,1-4H2. The van der Waals surface area contributed by atoms with E-state index in [1.54, 1.807) is 18.6 Å². The molecule has 0 radical (unpaired) electrons. The fourth-order valence-corrected chi connectivity index (χ4v) is 2.27. The fraction of sp³-hybridized carbons (Fsp3) is 0.308. The van der Waals surface area contributed by atoms with E-state index < -0.39 is 0 Å². The van der Waals surface area contributed by atoms with E-state index in [9.17, 15) is 4.79 Å². The number of rotatable bonds is 1. The number of fused-ring (bicyclic) bond motifs is 1. The Balaban J connectivity index is 2.11. The average Bonchev–Trinajstić information content (AvgIpc) is 2.71.